The van der Waals surface area contributed by atoms with Crippen LogP contribution in [0.4, 0.5) is 0 Å². The molecule has 0 radical (unpaired) electrons. The Morgan fingerprint density at radius 1 is 1.21 bits per heavy atom. The first-order chi connectivity index (χ1) is 13.6. The minimum Gasteiger partial charge on any atom is -0.452 e. The smallest absolute Gasteiger partial charge is 0.317 e. The lowest BCUT2D eigenvalue weighted by molar-refractivity contribution is -0.152. The summed E-state index contributed by atoms with van der Waals surface area (Å²) in [7, 11) is 0. The van der Waals surface area contributed by atoms with Crippen LogP contribution in [0.3, 0.4) is 0 Å². The van der Waals surface area contributed by atoms with Crippen molar-refractivity contribution in [3.63, 3.8) is 0 Å². The van der Waals surface area contributed by atoms with Crippen molar-refractivity contribution in [2.24, 2.45) is 0 Å². The van der Waals surface area contributed by atoms with E-state index in [2.05, 4.69) is 32.2 Å². The van der Waals surface area contributed by atoms with Crippen molar-refractivity contribution in [2.45, 2.75) is 62.4 Å². The number of esters is 1. The van der Waals surface area contributed by atoms with Gasteiger partial charge in [-0.05, 0) is 38.2 Å². The van der Waals surface area contributed by atoms with Crippen LogP contribution in [0.15, 0.2) is 35.5 Å². The van der Waals surface area contributed by atoms with E-state index in [-0.39, 0.29) is 17.7 Å². The first-order valence-electron chi connectivity index (χ1n) is 9.70. The van der Waals surface area contributed by atoms with E-state index in [1.807, 2.05) is 18.2 Å². The van der Waals surface area contributed by atoms with Gasteiger partial charge in [0.05, 0.1) is 12.3 Å². The molecule has 0 aliphatic heterocycles. The number of aromatic nitrogens is 3. The number of hydrogen-bond donors (Lipinski definition) is 1. The molecular formula is C20H24N4O3S. The second kappa shape index (κ2) is 8.34. The molecule has 2 aromatic rings. The minimum atomic E-state index is -0.780. The molecule has 2 aliphatic rings. The summed E-state index contributed by atoms with van der Waals surface area (Å²) in [6, 6.07) is 10.4. The highest BCUT2D eigenvalue weighted by Gasteiger charge is 2.31. The molecule has 1 aromatic carbocycles. The molecule has 1 atom stereocenters. The van der Waals surface area contributed by atoms with Crippen molar-refractivity contribution >= 4 is 23.6 Å². The number of rotatable bonds is 9. The Morgan fingerprint density at radius 2 is 1.96 bits per heavy atom. The van der Waals surface area contributed by atoms with Gasteiger partial charge in [-0.15, -0.1) is 10.2 Å². The third kappa shape index (κ3) is 4.92. The number of carbonyl (C=O) groups excluding carboxylic acids is 2. The number of nitrogens with zero attached hydrogens (tertiary/aromatic N) is 3. The number of hydrogen-bond acceptors (Lipinski definition) is 6. The van der Waals surface area contributed by atoms with E-state index < -0.39 is 12.1 Å². The summed E-state index contributed by atoms with van der Waals surface area (Å²) in [6.45, 7) is 2.28. The van der Waals surface area contributed by atoms with E-state index >= 15 is 0 Å². The fourth-order valence-electron chi connectivity index (χ4n) is 2.92. The van der Waals surface area contributed by atoms with Crippen LogP contribution in [-0.2, 0) is 20.9 Å². The second-order valence-corrected chi connectivity index (χ2v) is 8.33. The topological polar surface area (TPSA) is 86.1 Å². The molecule has 1 amide bonds. The molecule has 2 saturated carbocycles. The summed E-state index contributed by atoms with van der Waals surface area (Å²) in [6.07, 6.45) is 3.49. The maximum Gasteiger partial charge on any atom is 0.317 e. The standard InChI is InChI=1S/C20H24N4O3S/c1-13(19(26)21-16-9-10-16)27-17(25)12-28-20-23-22-18(15-7-8-15)24(20)11-14-5-3-2-4-6-14/h2-6,13,15-16H,7-12H2,1H3,(H,21,26)/t13-/m1/s1. The first-order valence-corrected chi connectivity index (χ1v) is 10.7. The molecule has 1 heterocycles. The fourth-order valence-corrected chi connectivity index (χ4v) is 3.65. The molecule has 4 rings (SSSR count). The van der Waals surface area contributed by atoms with Gasteiger partial charge in [0.15, 0.2) is 11.3 Å². The number of ether oxygens (including phenoxy) is 1. The molecule has 0 saturated heterocycles. The molecule has 8 heteroatoms. The Kier molecular flexibility index (Phi) is 5.66. The highest BCUT2D eigenvalue weighted by molar-refractivity contribution is 7.99. The number of thioether (sulfide) groups is 1. The van der Waals surface area contributed by atoms with E-state index in [1.165, 1.54) is 17.3 Å². The predicted octanol–water partition coefficient (Wildman–Crippen LogP) is 2.51. The molecule has 2 aliphatic carbocycles. The van der Waals surface area contributed by atoms with Crippen LogP contribution in [0.2, 0.25) is 0 Å². The van der Waals surface area contributed by atoms with Crippen molar-refractivity contribution in [1.29, 1.82) is 0 Å². The average molecular weight is 401 g/mol. The lowest BCUT2D eigenvalue weighted by Gasteiger charge is -2.13. The molecular weight excluding hydrogens is 376 g/mol. The Hall–Kier alpha value is -2.35. The van der Waals surface area contributed by atoms with E-state index in [0.717, 1.165) is 31.5 Å². The van der Waals surface area contributed by atoms with E-state index in [4.69, 9.17) is 4.74 Å². The predicted molar refractivity (Wildman–Crippen MR) is 105 cm³/mol. The summed E-state index contributed by atoms with van der Waals surface area (Å²) < 4.78 is 7.35. The molecule has 1 N–H and O–H groups in total. The monoisotopic (exact) mass is 400 g/mol. The number of amides is 1. The maximum atomic E-state index is 12.2. The van der Waals surface area contributed by atoms with Crippen molar-refractivity contribution in [3.8, 4) is 0 Å². The Morgan fingerprint density at radius 3 is 2.64 bits per heavy atom. The number of benzene rings is 1. The quantitative estimate of drug-likeness (QED) is 0.514. The average Bonchev–Trinajstić information content (AvgIpc) is 3.62. The van der Waals surface area contributed by atoms with Gasteiger partial charge < -0.3 is 14.6 Å². The molecule has 0 unspecified atom stereocenters. The summed E-state index contributed by atoms with van der Waals surface area (Å²) in [5.41, 5.74) is 1.17. The highest BCUT2D eigenvalue weighted by atomic mass is 32.2. The zero-order chi connectivity index (χ0) is 19.5. The van der Waals surface area contributed by atoms with Crippen LogP contribution >= 0.6 is 11.8 Å². The van der Waals surface area contributed by atoms with Gasteiger partial charge in [-0.3, -0.25) is 9.59 Å². The van der Waals surface area contributed by atoms with Crippen molar-refractivity contribution in [1.82, 2.24) is 20.1 Å². The summed E-state index contributed by atoms with van der Waals surface area (Å²) >= 11 is 1.30. The van der Waals surface area contributed by atoms with Gasteiger partial charge in [0.1, 0.15) is 5.82 Å². The summed E-state index contributed by atoms with van der Waals surface area (Å²) in [5, 5.41) is 12.2. The van der Waals surface area contributed by atoms with Gasteiger partial charge in [-0.2, -0.15) is 0 Å². The molecule has 148 valence electrons. The van der Waals surface area contributed by atoms with Crippen LogP contribution in [0.1, 0.15) is 49.9 Å². The molecule has 1 aromatic heterocycles. The van der Waals surface area contributed by atoms with Crippen molar-refractivity contribution in [3.05, 3.63) is 41.7 Å². The molecule has 0 bridgehead atoms. The zero-order valence-corrected chi connectivity index (χ0v) is 16.7. The first kappa shape index (κ1) is 19.0. The minimum absolute atomic E-state index is 0.0959. The van der Waals surface area contributed by atoms with Gasteiger partial charge in [-0.25, -0.2) is 0 Å². The van der Waals surface area contributed by atoms with Gasteiger partial charge in [0, 0.05) is 12.0 Å². The van der Waals surface area contributed by atoms with Crippen molar-refractivity contribution in [2.75, 3.05) is 5.75 Å². The lowest BCUT2D eigenvalue weighted by atomic mass is 10.2. The van der Waals surface area contributed by atoms with E-state index in [9.17, 15) is 9.59 Å². The van der Waals surface area contributed by atoms with Gasteiger partial charge >= 0.3 is 5.97 Å². The SMILES string of the molecule is C[C@@H](OC(=O)CSc1nnc(C2CC2)n1Cc1ccccc1)C(=O)NC1CC1. The van der Waals surface area contributed by atoms with E-state index in [0.29, 0.717) is 17.6 Å². The van der Waals surface area contributed by atoms with Crippen LogP contribution in [0, 0.1) is 0 Å². The normalized spacial score (nSPS) is 17.2. The number of nitrogens with one attached hydrogen (secondary N) is 1. The Balaban J connectivity index is 1.36. The lowest BCUT2D eigenvalue weighted by Crippen LogP contribution is -2.37. The van der Waals surface area contributed by atoms with Gasteiger partial charge in [0.2, 0.25) is 0 Å². The third-order valence-electron chi connectivity index (χ3n) is 4.79. The second-order valence-electron chi connectivity index (χ2n) is 7.39. The van der Waals surface area contributed by atoms with Crippen LogP contribution in [-0.4, -0.2) is 44.5 Å². The Labute approximate surface area is 168 Å². The van der Waals surface area contributed by atoms with E-state index in [1.54, 1.807) is 6.92 Å². The highest BCUT2D eigenvalue weighted by Crippen LogP contribution is 2.40. The zero-order valence-electron chi connectivity index (χ0n) is 15.8. The largest absolute Gasteiger partial charge is 0.452 e. The maximum absolute atomic E-state index is 12.2. The van der Waals surface area contributed by atoms with Crippen LogP contribution < -0.4 is 5.32 Å². The van der Waals surface area contributed by atoms with Crippen molar-refractivity contribution < 1.29 is 14.3 Å². The Bertz CT molecular complexity index is 846. The summed E-state index contributed by atoms with van der Waals surface area (Å²) in [4.78, 5) is 24.1. The number of carbonyl (C=O) groups is 2. The molecule has 0 spiro atoms. The molecule has 7 nitrogen and oxygen atoms in total. The molecule has 2 fully saturated rings. The fraction of sp³-hybridized carbons (Fsp3) is 0.500. The van der Waals surface area contributed by atoms with Crippen LogP contribution in [0.25, 0.3) is 0 Å². The third-order valence-corrected chi connectivity index (χ3v) is 5.73. The van der Waals surface area contributed by atoms with Gasteiger partial charge in [-0.1, -0.05) is 42.1 Å². The molecule has 28 heavy (non-hydrogen) atoms. The van der Waals surface area contributed by atoms with Crippen LogP contribution in [0.5, 0.6) is 0 Å². The summed E-state index contributed by atoms with van der Waals surface area (Å²) in [5.74, 6) is 0.883. The van der Waals surface area contributed by atoms with Gasteiger partial charge in [0.25, 0.3) is 5.91 Å².